The van der Waals surface area contributed by atoms with Gasteiger partial charge in [-0.05, 0) is 108 Å². The Hall–Kier alpha value is -6.79. The molecule has 7 nitrogen and oxygen atoms in total. The largest absolute Gasteiger partial charge is 0.494 e. The zero-order valence-electron chi connectivity index (χ0n) is 42.3. The standard InChI is InChI=1S/C63H71F2NO6/c1-3-5-7-9-15-20-44-70-55-39-40-58(63(68)71-54-37-31-50(32-38-54)49-27-25-48(46-66)26-28-49)59(45-55)72-60(67)22-18-14-12-10-11-13-16-19-43-69-53-35-33-52(34-36-53)57-42-41-56(61(64)62(57)65)51-29-23-47(24-30-51)21-17-8-6-4-2/h23-42,45H,3-22,43-44H2,1-2H3. The van der Waals surface area contributed by atoms with E-state index in [1.165, 1.54) is 44.1 Å². The van der Waals surface area contributed by atoms with Gasteiger partial charge in [-0.15, -0.1) is 0 Å². The van der Waals surface area contributed by atoms with Crippen LogP contribution in [0, 0.1) is 23.0 Å². The van der Waals surface area contributed by atoms with Crippen molar-refractivity contribution >= 4 is 11.9 Å². The first-order chi connectivity index (χ1) is 35.3. The molecule has 0 bridgehead atoms. The van der Waals surface area contributed by atoms with E-state index in [0.29, 0.717) is 53.6 Å². The topological polar surface area (TPSA) is 94.9 Å². The molecule has 378 valence electrons. The number of ether oxygens (including phenoxy) is 4. The number of hydrogen-bond acceptors (Lipinski definition) is 7. The fourth-order valence-corrected chi connectivity index (χ4v) is 8.66. The Bertz CT molecular complexity index is 2620. The van der Waals surface area contributed by atoms with Crippen LogP contribution in [-0.4, -0.2) is 25.2 Å². The van der Waals surface area contributed by atoms with Gasteiger partial charge in [-0.3, -0.25) is 4.79 Å². The first kappa shape index (κ1) is 54.5. The molecular weight excluding hydrogens is 905 g/mol. The average molecular weight is 976 g/mol. The number of nitrogens with zero attached hydrogens (tertiary/aromatic N) is 1. The molecule has 0 saturated carbocycles. The van der Waals surface area contributed by atoms with E-state index in [9.17, 15) is 9.59 Å². The van der Waals surface area contributed by atoms with Crippen molar-refractivity contribution in [1.82, 2.24) is 0 Å². The molecule has 0 aliphatic rings. The minimum atomic E-state index is -0.856. The monoisotopic (exact) mass is 976 g/mol. The maximum Gasteiger partial charge on any atom is 0.347 e. The van der Waals surface area contributed by atoms with E-state index in [2.05, 4.69) is 19.9 Å². The van der Waals surface area contributed by atoms with Gasteiger partial charge in [-0.1, -0.05) is 177 Å². The summed E-state index contributed by atoms with van der Waals surface area (Å²) in [4.78, 5) is 26.6. The second kappa shape index (κ2) is 30.2. The van der Waals surface area contributed by atoms with Crippen LogP contribution in [0.1, 0.15) is 157 Å². The van der Waals surface area contributed by atoms with Crippen molar-refractivity contribution < 1.29 is 37.3 Å². The van der Waals surface area contributed by atoms with E-state index >= 15 is 8.78 Å². The minimum absolute atomic E-state index is 0.110. The normalized spacial score (nSPS) is 11.0. The number of carbonyl (C=O) groups is 2. The lowest BCUT2D eigenvalue weighted by Gasteiger charge is -2.13. The summed E-state index contributed by atoms with van der Waals surface area (Å²) in [5, 5.41) is 9.12. The Balaban J connectivity index is 0.881. The number of nitriles is 1. The smallest absolute Gasteiger partial charge is 0.347 e. The predicted octanol–water partition coefficient (Wildman–Crippen LogP) is 17.4. The molecular formula is C63H71F2NO6. The van der Waals surface area contributed by atoms with Gasteiger partial charge in [-0.25, -0.2) is 13.6 Å². The Morgan fingerprint density at radius 3 is 1.50 bits per heavy atom. The molecule has 0 atom stereocenters. The summed E-state index contributed by atoms with van der Waals surface area (Å²) in [6.45, 7) is 5.49. The van der Waals surface area contributed by atoms with Crippen LogP contribution in [0.5, 0.6) is 23.0 Å². The van der Waals surface area contributed by atoms with Crippen LogP contribution < -0.4 is 18.9 Å². The lowest BCUT2D eigenvalue weighted by molar-refractivity contribution is -0.134. The highest BCUT2D eigenvalue weighted by atomic mass is 19.2. The highest BCUT2D eigenvalue weighted by molar-refractivity contribution is 5.95. The summed E-state index contributed by atoms with van der Waals surface area (Å²) < 4.78 is 54.2. The Labute approximate surface area is 426 Å². The lowest BCUT2D eigenvalue weighted by Crippen LogP contribution is -2.14. The Morgan fingerprint density at radius 1 is 0.472 bits per heavy atom. The van der Waals surface area contributed by atoms with E-state index in [0.717, 1.165) is 88.2 Å². The third-order valence-electron chi connectivity index (χ3n) is 13.0. The number of rotatable bonds is 31. The molecule has 72 heavy (non-hydrogen) atoms. The van der Waals surface area contributed by atoms with Crippen molar-refractivity contribution in [2.75, 3.05) is 13.2 Å². The van der Waals surface area contributed by atoms with E-state index in [-0.39, 0.29) is 28.9 Å². The van der Waals surface area contributed by atoms with E-state index in [1.807, 2.05) is 48.5 Å². The van der Waals surface area contributed by atoms with Gasteiger partial charge in [0, 0.05) is 23.6 Å². The molecule has 6 aromatic carbocycles. The van der Waals surface area contributed by atoms with Crippen LogP contribution in [-0.2, 0) is 11.2 Å². The van der Waals surface area contributed by atoms with E-state index < -0.39 is 23.6 Å². The molecule has 6 rings (SSSR count). The maximum absolute atomic E-state index is 15.4. The SMILES string of the molecule is CCCCCCCCOc1ccc(C(=O)Oc2ccc(-c3ccc(C#N)cc3)cc2)c(OC(=O)CCCCCCCCCCOc2ccc(-c3ccc(-c4ccc(CCCCCC)cc4)c(F)c3F)cc2)c1. The molecule has 6 aromatic rings. The maximum atomic E-state index is 15.4. The highest BCUT2D eigenvalue weighted by Gasteiger charge is 2.20. The van der Waals surface area contributed by atoms with Gasteiger partial charge in [0.05, 0.1) is 24.8 Å². The van der Waals surface area contributed by atoms with E-state index in [1.54, 1.807) is 78.9 Å². The summed E-state index contributed by atoms with van der Waals surface area (Å²) in [6.07, 6.45) is 20.5. The number of benzene rings is 6. The van der Waals surface area contributed by atoms with Crippen LogP contribution in [0.3, 0.4) is 0 Å². The number of unbranched alkanes of at least 4 members (excludes halogenated alkanes) is 15. The van der Waals surface area contributed by atoms with Crippen LogP contribution >= 0.6 is 0 Å². The van der Waals surface area contributed by atoms with Crippen molar-refractivity contribution in [2.45, 2.75) is 142 Å². The fraction of sp³-hybridized carbons (Fsp3) is 0.381. The summed E-state index contributed by atoms with van der Waals surface area (Å²) in [5.41, 5.74) is 5.49. The quantitative estimate of drug-likeness (QED) is 0.0243. The predicted molar refractivity (Wildman–Crippen MR) is 285 cm³/mol. The molecule has 0 radical (unpaired) electrons. The number of halogens is 2. The lowest BCUT2D eigenvalue weighted by atomic mass is 9.97. The first-order valence-electron chi connectivity index (χ1n) is 26.4. The molecule has 9 heteroatoms. The van der Waals surface area contributed by atoms with Crippen LogP contribution in [0.4, 0.5) is 8.78 Å². The summed E-state index contributed by atoms with van der Waals surface area (Å²) in [6, 6.07) is 39.6. The van der Waals surface area contributed by atoms with Gasteiger partial charge in [0.15, 0.2) is 11.6 Å². The molecule has 0 aliphatic heterocycles. The molecule has 0 heterocycles. The number of hydrogen-bond donors (Lipinski definition) is 0. The van der Waals surface area contributed by atoms with Gasteiger partial charge in [0.2, 0.25) is 0 Å². The van der Waals surface area contributed by atoms with Crippen LogP contribution in [0.2, 0.25) is 0 Å². The zero-order valence-corrected chi connectivity index (χ0v) is 42.3. The fourth-order valence-electron chi connectivity index (χ4n) is 8.66. The third kappa shape index (κ3) is 17.5. The number of esters is 2. The summed E-state index contributed by atoms with van der Waals surface area (Å²) >= 11 is 0. The number of carbonyl (C=O) groups excluding carboxylic acids is 2. The van der Waals surface area contributed by atoms with Crippen molar-refractivity contribution in [3.05, 3.63) is 156 Å². The van der Waals surface area contributed by atoms with E-state index in [4.69, 9.17) is 24.2 Å². The minimum Gasteiger partial charge on any atom is -0.494 e. The molecule has 0 aromatic heterocycles. The average Bonchev–Trinajstić information content (AvgIpc) is 3.40. The van der Waals surface area contributed by atoms with Gasteiger partial charge >= 0.3 is 11.9 Å². The second-order valence-corrected chi connectivity index (χ2v) is 18.6. The summed E-state index contributed by atoms with van der Waals surface area (Å²) in [5.74, 6) is -1.10. The van der Waals surface area contributed by atoms with Gasteiger partial charge in [0.25, 0.3) is 0 Å². The van der Waals surface area contributed by atoms with Gasteiger partial charge in [-0.2, -0.15) is 5.26 Å². The number of aryl methyl sites for hydroxylation is 1. The van der Waals surface area contributed by atoms with Gasteiger partial charge < -0.3 is 18.9 Å². The van der Waals surface area contributed by atoms with Crippen molar-refractivity contribution in [2.24, 2.45) is 0 Å². The molecule has 0 aliphatic carbocycles. The van der Waals surface area contributed by atoms with Crippen LogP contribution in [0.15, 0.2) is 127 Å². The molecule has 0 fully saturated rings. The molecule has 0 amide bonds. The summed E-state index contributed by atoms with van der Waals surface area (Å²) in [7, 11) is 0. The second-order valence-electron chi connectivity index (χ2n) is 18.6. The Kier molecular flexibility index (Phi) is 22.9. The van der Waals surface area contributed by atoms with Crippen molar-refractivity contribution in [3.63, 3.8) is 0 Å². The molecule has 0 N–H and O–H groups in total. The third-order valence-corrected chi connectivity index (χ3v) is 13.0. The van der Waals surface area contributed by atoms with Crippen molar-refractivity contribution in [3.8, 4) is 62.4 Å². The first-order valence-corrected chi connectivity index (χ1v) is 26.4. The Morgan fingerprint density at radius 2 is 0.931 bits per heavy atom. The zero-order chi connectivity index (χ0) is 50.8. The molecule has 0 unspecified atom stereocenters. The van der Waals surface area contributed by atoms with Crippen LogP contribution in [0.25, 0.3) is 33.4 Å². The van der Waals surface area contributed by atoms with Gasteiger partial charge in [0.1, 0.15) is 28.6 Å². The molecule has 0 spiro atoms. The molecule has 0 saturated heterocycles. The highest BCUT2D eigenvalue weighted by Crippen LogP contribution is 2.33. The van der Waals surface area contributed by atoms with Crippen molar-refractivity contribution in [1.29, 1.82) is 5.26 Å².